The van der Waals surface area contributed by atoms with E-state index >= 15 is 0 Å². The number of tetrazole rings is 1. The Morgan fingerprint density at radius 3 is 2.38 bits per heavy atom. The molecule has 1 aliphatic heterocycles. The van der Waals surface area contributed by atoms with E-state index in [1.807, 2.05) is 29.2 Å². The lowest BCUT2D eigenvalue weighted by atomic mass is 10.0. The van der Waals surface area contributed by atoms with Gasteiger partial charge in [0.05, 0.1) is 11.3 Å². The number of carbonyl (C=O) groups is 1. The largest absolute Gasteiger partial charge is 0.336 e. The first kappa shape index (κ1) is 19.3. The Morgan fingerprint density at radius 2 is 1.72 bits per heavy atom. The molecule has 0 aliphatic carbocycles. The van der Waals surface area contributed by atoms with Crippen molar-refractivity contribution in [2.45, 2.75) is 26.3 Å². The summed E-state index contributed by atoms with van der Waals surface area (Å²) in [7, 11) is 0. The van der Waals surface area contributed by atoms with Gasteiger partial charge in [-0.2, -0.15) is 4.68 Å². The number of nitrogens with zero attached hydrogens (tertiary/aromatic N) is 6. The number of benzene rings is 2. The lowest BCUT2D eigenvalue weighted by molar-refractivity contribution is 0.0628. The third-order valence-corrected chi connectivity index (χ3v) is 5.44. The molecule has 7 nitrogen and oxygen atoms in total. The zero-order valence-corrected chi connectivity index (χ0v) is 16.9. The lowest BCUT2D eigenvalue weighted by Gasteiger charge is -2.35. The number of hydrogen-bond acceptors (Lipinski definition) is 5. The number of carbonyl (C=O) groups excluding carboxylic acids is 1. The minimum atomic E-state index is 0.0250. The fraction of sp³-hybridized carbons (Fsp3) is 0.364. The first-order valence-electron chi connectivity index (χ1n) is 10.0. The van der Waals surface area contributed by atoms with Gasteiger partial charge < -0.3 is 4.90 Å². The van der Waals surface area contributed by atoms with Gasteiger partial charge in [0.25, 0.3) is 5.91 Å². The number of aromatic nitrogens is 4. The summed E-state index contributed by atoms with van der Waals surface area (Å²) in [6.45, 7) is 8.50. The maximum absolute atomic E-state index is 13.1. The fourth-order valence-electron chi connectivity index (χ4n) is 3.67. The highest BCUT2D eigenvalue weighted by molar-refractivity contribution is 5.97. The van der Waals surface area contributed by atoms with Crippen molar-refractivity contribution in [2.75, 3.05) is 26.2 Å². The first-order valence-corrected chi connectivity index (χ1v) is 10.0. The molecule has 1 aromatic heterocycles. The van der Waals surface area contributed by atoms with Crippen LogP contribution in [0.4, 0.5) is 0 Å². The van der Waals surface area contributed by atoms with Crippen LogP contribution < -0.4 is 0 Å². The predicted octanol–water partition coefficient (Wildman–Crippen LogP) is 2.74. The smallest absolute Gasteiger partial charge is 0.256 e. The molecule has 1 saturated heterocycles. The quantitative estimate of drug-likeness (QED) is 0.670. The Labute approximate surface area is 170 Å². The van der Waals surface area contributed by atoms with Gasteiger partial charge in [0, 0.05) is 32.7 Å². The summed E-state index contributed by atoms with van der Waals surface area (Å²) in [5, 5.41) is 11.3. The highest BCUT2D eigenvalue weighted by Gasteiger charge is 2.24. The van der Waals surface area contributed by atoms with Crippen LogP contribution >= 0.6 is 0 Å². The van der Waals surface area contributed by atoms with E-state index < -0.39 is 0 Å². The van der Waals surface area contributed by atoms with Gasteiger partial charge in [-0.1, -0.05) is 50.2 Å². The van der Waals surface area contributed by atoms with Gasteiger partial charge in [0.1, 0.15) is 6.33 Å². The first-order chi connectivity index (χ1) is 14.1. The second kappa shape index (κ2) is 8.53. The molecule has 0 radical (unpaired) electrons. The molecule has 150 valence electrons. The van der Waals surface area contributed by atoms with Gasteiger partial charge in [-0.25, -0.2) is 0 Å². The van der Waals surface area contributed by atoms with E-state index in [-0.39, 0.29) is 5.91 Å². The Morgan fingerprint density at radius 1 is 1.00 bits per heavy atom. The van der Waals surface area contributed by atoms with E-state index in [1.165, 1.54) is 22.1 Å². The summed E-state index contributed by atoms with van der Waals surface area (Å²) in [5.74, 6) is 0.576. The summed E-state index contributed by atoms with van der Waals surface area (Å²) < 4.78 is 1.53. The van der Waals surface area contributed by atoms with Gasteiger partial charge in [0.15, 0.2) is 0 Å². The van der Waals surface area contributed by atoms with Gasteiger partial charge in [-0.15, -0.1) is 5.10 Å². The Hall–Kier alpha value is -3.06. The summed E-state index contributed by atoms with van der Waals surface area (Å²) in [4.78, 5) is 17.4. The van der Waals surface area contributed by atoms with Crippen molar-refractivity contribution in [1.82, 2.24) is 30.0 Å². The maximum Gasteiger partial charge on any atom is 0.256 e. The topological polar surface area (TPSA) is 67.2 Å². The molecule has 0 bridgehead atoms. The van der Waals surface area contributed by atoms with E-state index in [4.69, 9.17) is 0 Å². The average Bonchev–Trinajstić information content (AvgIpc) is 3.29. The van der Waals surface area contributed by atoms with Crippen LogP contribution in [0.25, 0.3) is 5.69 Å². The van der Waals surface area contributed by atoms with Crippen molar-refractivity contribution < 1.29 is 4.79 Å². The standard InChI is InChI=1S/C22H26N6O/c1-17(2)19-9-7-18(8-10-19)15-26-11-13-27(14-12-26)22(29)20-5-3-4-6-21(20)28-16-23-24-25-28/h3-10,16-17H,11-15H2,1-2H3. The molecule has 0 atom stereocenters. The van der Waals surface area contributed by atoms with Crippen molar-refractivity contribution in [3.63, 3.8) is 0 Å². The van der Waals surface area contributed by atoms with Gasteiger partial charge in [-0.05, 0) is 39.6 Å². The number of amides is 1. The highest BCUT2D eigenvalue weighted by atomic mass is 16.2. The highest BCUT2D eigenvalue weighted by Crippen LogP contribution is 2.18. The summed E-state index contributed by atoms with van der Waals surface area (Å²) in [5.41, 5.74) is 4.01. The van der Waals surface area contributed by atoms with Crippen LogP contribution in [0.5, 0.6) is 0 Å². The molecular weight excluding hydrogens is 364 g/mol. The molecule has 2 heterocycles. The number of hydrogen-bond donors (Lipinski definition) is 0. The van der Waals surface area contributed by atoms with Crippen molar-refractivity contribution in [1.29, 1.82) is 0 Å². The molecule has 7 heteroatoms. The number of para-hydroxylation sites is 1. The molecule has 0 N–H and O–H groups in total. The van der Waals surface area contributed by atoms with Crippen LogP contribution in [0.2, 0.25) is 0 Å². The minimum Gasteiger partial charge on any atom is -0.336 e. The fourth-order valence-corrected chi connectivity index (χ4v) is 3.67. The summed E-state index contributed by atoms with van der Waals surface area (Å²) in [6.07, 6.45) is 1.51. The molecule has 3 aromatic rings. The molecule has 29 heavy (non-hydrogen) atoms. The van der Waals surface area contributed by atoms with Crippen LogP contribution in [0.15, 0.2) is 54.9 Å². The van der Waals surface area contributed by atoms with Gasteiger partial charge in [0.2, 0.25) is 0 Å². The molecule has 0 saturated carbocycles. The van der Waals surface area contributed by atoms with Crippen LogP contribution in [0.3, 0.4) is 0 Å². The Bertz CT molecular complexity index is 944. The molecule has 1 fully saturated rings. The second-order valence-electron chi connectivity index (χ2n) is 7.74. The third-order valence-electron chi connectivity index (χ3n) is 5.44. The van der Waals surface area contributed by atoms with Crippen molar-refractivity contribution in [3.8, 4) is 5.69 Å². The van der Waals surface area contributed by atoms with Crippen molar-refractivity contribution in [2.24, 2.45) is 0 Å². The molecule has 0 spiro atoms. The van der Waals surface area contributed by atoms with E-state index in [0.29, 0.717) is 30.3 Å². The second-order valence-corrected chi connectivity index (χ2v) is 7.74. The van der Waals surface area contributed by atoms with Gasteiger partial charge >= 0.3 is 0 Å². The van der Waals surface area contributed by atoms with Crippen LogP contribution in [0.1, 0.15) is 41.3 Å². The van der Waals surface area contributed by atoms with E-state index in [2.05, 4.69) is 58.5 Å². The Balaban J connectivity index is 1.38. The minimum absolute atomic E-state index is 0.0250. The Kier molecular flexibility index (Phi) is 5.67. The molecule has 2 aromatic carbocycles. The zero-order chi connectivity index (χ0) is 20.2. The number of rotatable bonds is 5. The monoisotopic (exact) mass is 390 g/mol. The van der Waals surface area contributed by atoms with Gasteiger partial charge in [-0.3, -0.25) is 9.69 Å². The molecule has 1 amide bonds. The number of piperazine rings is 1. The molecule has 4 rings (SSSR count). The molecular formula is C22H26N6O. The zero-order valence-electron chi connectivity index (χ0n) is 16.9. The van der Waals surface area contributed by atoms with Crippen molar-refractivity contribution >= 4 is 5.91 Å². The van der Waals surface area contributed by atoms with Crippen LogP contribution in [-0.2, 0) is 6.54 Å². The molecule has 0 unspecified atom stereocenters. The maximum atomic E-state index is 13.1. The van der Waals surface area contributed by atoms with E-state index in [9.17, 15) is 4.79 Å². The third kappa shape index (κ3) is 4.35. The average molecular weight is 390 g/mol. The van der Waals surface area contributed by atoms with E-state index in [0.717, 1.165) is 19.6 Å². The van der Waals surface area contributed by atoms with Crippen LogP contribution in [-0.4, -0.2) is 62.1 Å². The van der Waals surface area contributed by atoms with E-state index in [1.54, 1.807) is 0 Å². The van der Waals surface area contributed by atoms with Crippen LogP contribution in [0, 0.1) is 0 Å². The summed E-state index contributed by atoms with van der Waals surface area (Å²) >= 11 is 0. The summed E-state index contributed by atoms with van der Waals surface area (Å²) in [6, 6.07) is 16.3. The lowest BCUT2D eigenvalue weighted by Crippen LogP contribution is -2.48. The predicted molar refractivity (Wildman–Crippen MR) is 111 cm³/mol. The normalized spacial score (nSPS) is 15.1. The molecule has 1 aliphatic rings. The van der Waals surface area contributed by atoms with Crippen molar-refractivity contribution in [3.05, 3.63) is 71.5 Å². The SMILES string of the molecule is CC(C)c1ccc(CN2CCN(C(=O)c3ccccc3-n3cnnn3)CC2)cc1.